The smallest absolute Gasteiger partial charge is 0.261 e. The van der Waals surface area contributed by atoms with Crippen molar-refractivity contribution in [2.45, 2.75) is 19.9 Å². The Kier molecular flexibility index (Phi) is 4.20. The number of aryl methyl sites for hydroxylation is 1. The standard InChI is InChI=1S/C18H19N3O3/c1-11-6-5-7-14(20-11)12(2)21-10-19-15-9-17(24-4)16(23-3)8-13(15)18(21)22/h5-10,12H,1-4H3/t12-/m0/s1. The topological polar surface area (TPSA) is 66.2 Å². The zero-order valence-electron chi connectivity index (χ0n) is 14.1. The molecule has 0 unspecified atom stereocenters. The van der Waals surface area contributed by atoms with E-state index in [0.29, 0.717) is 22.4 Å². The van der Waals surface area contributed by atoms with Crippen LogP contribution in [0.15, 0.2) is 41.5 Å². The van der Waals surface area contributed by atoms with E-state index in [1.54, 1.807) is 30.1 Å². The van der Waals surface area contributed by atoms with Crippen LogP contribution in [0.1, 0.15) is 24.4 Å². The molecule has 6 heteroatoms. The molecule has 0 saturated heterocycles. The number of pyridine rings is 1. The Labute approximate surface area is 139 Å². The summed E-state index contributed by atoms with van der Waals surface area (Å²) in [5, 5.41) is 0.481. The first-order valence-corrected chi connectivity index (χ1v) is 7.61. The summed E-state index contributed by atoms with van der Waals surface area (Å²) in [7, 11) is 3.09. The lowest BCUT2D eigenvalue weighted by atomic mass is 10.1. The Morgan fingerprint density at radius 2 is 1.83 bits per heavy atom. The van der Waals surface area contributed by atoms with E-state index in [1.807, 2.05) is 32.0 Å². The van der Waals surface area contributed by atoms with Crippen LogP contribution in [-0.2, 0) is 0 Å². The lowest BCUT2D eigenvalue weighted by Gasteiger charge is -2.16. The van der Waals surface area contributed by atoms with Crippen LogP contribution in [0.2, 0.25) is 0 Å². The molecule has 124 valence electrons. The quantitative estimate of drug-likeness (QED) is 0.738. The van der Waals surface area contributed by atoms with Gasteiger partial charge in [0.15, 0.2) is 11.5 Å². The molecular weight excluding hydrogens is 306 g/mol. The number of ether oxygens (including phenoxy) is 2. The van der Waals surface area contributed by atoms with Gasteiger partial charge in [0.2, 0.25) is 0 Å². The van der Waals surface area contributed by atoms with Crippen molar-refractivity contribution in [3.8, 4) is 11.5 Å². The molecule has 0 saturated carbocycles. The number of nitrogens with zero attached hydrogens (tertiary/aromatic N) is 3. The number of hydrogen-bond acceptors (Lipinski definition) is 5. The van der Waals surface area contributed by atoms with Gasteiger partial charge in [-0.05, 0) is 32.0 Å². The van der Waals surface area contributed by atoms with Crippen molar-refractivity contribution in [3.05, 3.63) is 58.4 Å². The maximum Gasteiger partial charge on any atom is 0.261 e. The Bertz CT molecular complexity index is 950. The minimum atomic E-state index is -0.220. The van der Waals surface area contributed by atoms with Gasteiger partial charge in [-0.2, -0.15) is 0 Å². The van der Waals surface area contributed by atoms with Gasteiger partial charge in [-0.15, -0.1) is 0 Å². The maximum absolute atomic E-state index is 12.9. The molecule has 0 N–H and O–H groups in total. The second-order valence-electron chi connectivity index (χ2n) is 5.56. The van der Waals surface area contributed by atoms with Crippen LogP contribution in [0.4, 0.5) is 0 Å². The number of benzene rings is 1. The Morgan fingerprint density at radius 1 is 1.12 bits per heavy atom. The van der Waals surface area contributed by atoms with Crippen LogP contribution in [0, 0.1) is 6.92 Å². The lowest BCUT2D eigenvalue weighted by molar-refractivity contribution is 0.355. The number of hydrogen-bond donors (Lipinski definition) is 0. The number of rotatable bonds is 4. The summed E-state index contributed by atoms with van der Waals surface area (Å²) in [6.45, 7) is 3.85. The second kappa shape index (κ2) is 6.31. The van der Waals surface area contributed by atoms with E-state index in [1.165, 1.54) is 7.11 Å². The minimum absolute atomic E-state index is 0.142. The number of fused-ring (bicyclic) bond motifs is 1. The van der Waals surface area contributed by atoms with Crippen molar-refractivity contribution in [1.29, 1.82) is 0 Å². The highest BCUT2D eigenvalue weighted by molar-refractivity contribution is 5.81. The van der Waals surface area contributed by atoms with E-state index in [0.717, 1.165) is 11.4 Å². The van der Waals surface area contributed by atoms with Crippen molar-refractivity contribution in [2.75, 3.05) is 14.2 Å². The third-order valence-electron chi connectivity index (χ3n) is 4.04. The van der Waals surface area contributed by atoms with E-state index in [-0.39, 0.29) is 11.6 Å². The van der Waals surface area contributed by atoms with E-state index < -0.39 is 0 Å². The fourth-order valence-corrected chi connectivity index (χ4v) is 2.68. The summed E-state index contributed by atoms with van der Waals surface area (Å²) in [6.07, 6.45) is 1.55. The molecule has 0 aliphatic heterocycles. The molecule has 3 aromatic rings. The van der Waals surface area contributed by atoms with Gasteiger partial charge in [0.05, 0.1) is 43.2 Å². The Morgan fingerprint density at radius 3 is 2.50 bits per heavy atom. The van der Waals surface area contributed by atoms with Crippen LogP contribution in [0.5, 0.6) is 11.5 Å². The van der Waals surface area contributed by atoms with Crippen LogP contribution in [0.25, 0.3) is 10.9 Å². The molecule has 2 heterocycles. The molecule has 0 bridgehead atoms. The molecule has 0 aliphatic rings. The van der Waals surface area contributed by atoms with Crippen molar-refractivity contribution >= 4 is 10.9 Å². The fourth-order valence-electron chi connectivity index (χ4n) is 2.68. The largest absolute Gasteiger partial charge is 0.493 e. The van der Waals surface area contributed by atoms with Gasteiger partial charge >= 0.3 is 0 Å². The molecule has 3 rings (SSSR count). The van der Waals surface area contributed by atoms with Gasteiger partial charge in [-0.1, -0.05) is 6.07 Å². The lowest BCUT2D eigenvalue weighted by Crippen LogP contribution is -2.25. The van der Waals surface area contributed by atoms with Crippen LogP contribution in [-0.4, -0.2) is 28.8 Å². The van der Waals surface area contributed by atoms with E-state index in [2.05, 4.69) is 9.97 Å². The third kappa shape index (κ3) is 2.71. The summed E-state index contributed by atoms with van der Waals surface area (Å²) in [5.41, 5.74) is 2.15. The highest BCUT2D eigenvalue weighted by Gasteiger charge is 2.15. The fraction of sp³-hybridized carbons (Fsp3) is 0.278. The molecule has 6 nitrogen and oxygen atoms in total. The average molecular weight is 325 g/mol. The van der Waals surface area contributed by atoms with Gasteiger partial charge in [0, 0.05) is 11.8 Å². The van der Waals surface area contributed by atoms with Gasteiger partial charge in [0.25, 0.3) is 5.56 Å². The van der Waals surface area contributed by atoms with E-state index in [4.69, 9.17) is 9.47 Å². The third-order valence-corrected chi connectivity index (χ3v) is 4.04. The minimum Gasteiger partial charge on any atom is -0.493 e. The summed E-state index contributed by atoms with van der Waals surface area (Å²) < 4.78 is 12.1. The highest BCUT2D eigenvalue weighted by Crippen LogP contribution is 2.30. The van der Waals surface area contributed by atoms with Crippen molar-refractivity contribution in [3.63, 3.8) is 0 Å². The molecule has 0 radical (unpaired) electrons. The van der Waals surface area contributed by atoms with Gasteiger partial charge in [-0.25, -0.2) is 4.98 Å². The molecule has 2 aromatic heterocycles. The highest BCUT2D eigenvalue weighted by atomic mass is 16.5. The van der Waals surface area contributed by atoms with Gasteiger partial charge in [-0.3, -0.25) is 14.3 Å². The van der Waals surface area contributed by atoms with Crippen LogP contribution >= 0.6 is 0 Å². The Balaban J connectivity index is 2.16. The predicted molar refractivity (Wildman–Crippen MR) is 91.9 cm³/mol. The summed E-state index contributed by atoms with van der Waals surface area (Å²) >= 11 is 0. The summed E-state index contributed by atoms with van der Waals surface area (Å²) in [6, 6.07) is 8.91. The average Bonchev–Trinajstić information content (AvgIpc) is 2.60. The van der Waals surface area contributed by atoms with E-state index >= 15 is 0 Å². The SMILES string of the molecule is COc1cc2ncn([C@@H](C)c3cccc(C)n3)c(=O)c2cc1OC. The molecule has 24 heavy (non-hydrogen) atoms. The first kappa shape index (κ1) is 16.0. The Hall–Kier alpha value is -2.89. The second-order valence-corrected chi connectivity index (χ2v) is 5.56. The zero-order chi connectivity index (χ0) is 17.3. The van der Waals surface area contributed by atoms with Crippen molar-refractivity contribution < 1.29 is 9.47 Å². The molecular formula is C18H19N3O3. The van der Waals surface area contributed by atoms with E-state index in [9.17, 15) is 4.79 Å². The molecule has 0 spiro atoms. The van der Waals surface area contributed by atoms with Crippen molar-refractivity contribution in [2.24, 2.45) is 0 Å². The van der Waals surface area contributed by atoms with Crippen LogP contribution < -0.4 is 15.0 Å². The molecule has 0 amide bonds. The monoisotopic (exact) mass is 325 g/mol. The molecule has 0 fully saturated rings. The van der Waals surface area contributed by atoms with Crippen LogP contribution in [0.3, 0.4) is 0 Å². The molecule has 1 atom stereocenters. The molecule has 0 aliphatic carbocycles. The maximum atomic E-state index is 12.9. The summed E-state index contributed by atoms with van der Waals surface area (Å²) in [4.78, 5) is 21.8. The van der Waals surface area contributed by atoms with Gasteiger partial charge < -0.3 is 9.47 Å². The number of aromatic nitrogens is 3. The predicted octanol–water partition coefficient (Wildman–Crippen LogP) is 2.73. The first-order valence-electron chi connectivity index (χ1n) is 7.61. The summed E-state index contributed by atoms with van der Waals surface area (Å²) in [5.74, 6) is 1.05. The molecule has 1 aromatic carbocycles. The normalized spacial score (nSPS) is 12.2. The first-order chi connectivity index (χ1) is 11.5. The number of methoxy groups -OCH3 is 2. The van der Waals surface area contributed by atoms with Crippen molar-refractivity contribution in [1.82, 2.24) is 14.5 Å². The van der Waals surface area contributed by atoms with Gasteiger partial charge in [0.1, 0.15) is 0 Å². The zero-order valence-corrected chi connectivity index (χ0v) is 14.1.